The van der Waals surface area contributed by atoms with Gasteiger partial charge in [-0.2, -0.15) is 4.31 Å². The highest BCUT2D eigenvalue weighted by molar-refractivity contribution is 7.89. The van der Waals surface area contributed by atoms with Gasteiger partial charge in [0.1, 0.15) is 0 Å². The number of sulfonamides is 1. The van der Waals surface area contributed by atoms with Crippen LogP contribution in [0, 0.1) is 0 Å². The molecular weight excluding hydrogens is 506 g/mol. The molecule has 5 aromatic rings. The van der Waals surface area contributed by atoms with Gasteiger partial charge >= 0.3 is 0 Å². The second-order valence-electron chi connectivity index (χ2n) is 9.73. The maximum Gasteiger partial charge on any atom is 0.243 e. The van der Waals surface area contributed by atoms with Gasteiger partial charge in [-0.3, -0.25) is 4.98 Å². The molecule has 0 aliphatic carbocycles. The van der Waals surface area contributed by atoms with Gasteiger partial charge in [0.15, 0.2) is 0 Å². The van der Waals surface area contributed by atoms with Crippen molar-refractivity contribution < 1.29 is 8.42 Å². The van der Waals surface area contributed by atoms with Crippen LogP contribution in [-0.2, 0) is 29.5 Å². The van der Waals surface area contributed by atoms with Gasteiger partial charge in [0.05, 0.1) is 23.5 Å². The molecule has 1 unspecified atom stereocenters. The van der Waals surface area contributed by atoms with Gasteiger partial charge in [0, 0.05) is 43.4 Å². The van der Waals surface area contributed by atoms with Crippen LogP contribution in [0.1, 0.15) is 16.8 Å². The molecule has 39 heavy (non-hydrogen) atoms. The summed E-state index contributed by atoms with van der Waals surface area (Å²) >= 11 is 0. The number of aromatic amines is 1. The van der Waals surface area contributed by atoms with E-state index in [1.165, 1.54) is 0 Å². The average Bonchev–Trinajstić information content (AvgIpc) is 3.44. The molecule has 3 heterocycles. The highest BCUT2D eigenvalue weighted by Gasteiger charge is 2.36. The Morgan fingerprint density at radius 1 is 0.872 bits per heavy atom. The lowest BCUT2D eigenvalue weighted by atomic mass is 10.0. The molecule has 0 radical (unpaired) electrons. The van der Waals surface area contributed by atoms with E-state index in [-0.39, 0.29) is 12.6 Å². The predicted octanol–water partition coefficient (Wildman–Crippen LogP) is 5.29. The molecule has 0 saturated heterocycles. The van der Waals surface area contributed by atoms with Crippen LogP contribution in [0.15, 0.2) is 121 Å². The van der Waals surface area contributed by atoms with Crippen molar-refractivity contribution in [3.63, 3.8) is 0 Å². The van der Waals surface area contributed by atoms with E-state index in [1.54, 1.807) is 47.3 Å². The Hall–Kier alpha value is -4.27. The van der Waals surface area contributed by atoms with Crippen LogP contribution >= 0.6 is 0 Å². The fourth-order valence-corrected chi connectivity index (χ4v) is 6.88. The topological polar surface area (TPSA) is 82.2 Å². The Kier molecular flexibility index (Phi) is 6.96. The summed E-state index contributed by atoms with van der Waals surface area (Å²) in [4.78, 5) is 14.2. The van der Waals surface area contributed by atoms with Crippen LogP contribution in [0.2, 0.25) is 0 Å². The van der Waals surface area contributed by atoms with E-state index in [0.29, 0.717) is 24.4 Å². The quantitative estimate of drug-likeness (QED) is 0.306. The number of fused-ring (bicyclic) bond motifs is 1. The van der Waals surface area contributed by atoms with Gasteiger partial charge in [-0.1, -0.05) is 54.6 Å². The summed E-state index contributed by atoms with van der Waals surface area (Å²) in [6.07, 6.45) is 7.70. The molecule has 196 valence electrons. The standard InChI is InChI=1S/C31H29N5O2S/c37-39(38,30-9-5-2-6-10-30)36-20-27-18-26(25-13-15-32-16-14-25)11-12-31(27)35(21-28-19-33-23-34-28)22-29(36)17-24-7-3-1-4-8-24/h1-16,18-19,23,29H,17,20-22H2,(H,33,34). The fourth-order valence-electron chi connectivity index (χ4n) is 5.27. The van der Waals surface area contributed by atoms with E-state index in [2.05, 4.69) is 50.2 Å². The van der Waals surface area contributed by atoms with Gasteiger partial charge in [-0.05, 0) is 65.1 Å². The molecule has 1 atom stereocenters. The van der Waals surface area contributed by atoms with Gasteiger partial charge in [0.25, 0.3) is 0 Å². The number of nitrogens with one attached hydrogen (secondary N) is 1. The second-order valence-corrected chi connectivity index (χ2v) is 11.6. The fraction of sp³-hybridized carbons (Fsp3) is 0.161. The van der Waals surface area contributed by atoms with Crippen molar-refractivity contribution in [2.45, 2.75) is 30.4 Å². The number of rotatable bonds is 7. The summed E-state index contributed by atoms with van der Waals surface area (Å²) in [6, 6.07) is 28.8. The summed E-state index contributed by atoms with van der Waals surface area (Å²) in [7, 11) is -3.79. The Labute approximate surface area is 228 Å². The number of anilines is 1. The maximum atomic E-state index is 14.2. The van der Waals surface area contributed by atoms with Crippen LogP contribution in [0.25, 0.3) is 11.1 Å². The Balaban J connectivity index is 1.48. The summed E-state index contributed by atoms with van der Waals surface area (Å²) in [5, 5.41) is 0. The van der Waals surface area contributed by atoms with Crippen LogP contribution in [0.5, 0.6) is 0 Å². The third kappa shape index (κ3) is 5.34. The van der Waals surface area contributed by atoms with E-state index in [9.17, 15) is 8.42 Å². The molecule has 0 bridgehead atoms. The predicted molar refractivity (Wildman–Crippen MR) is 152 cm³/mol. The molecule has 0 amide bonds. The number of hydrogen-bond donors (Lipinski definition) is 1. The van der Waals surface area contributed by atoms with Crippen LogP contribution in [0.3, 0.4) is 0 Å². The minimum absolute atomic E-state index is 0.264. The largest absolute Gasteiger partial charge is 0.364 e. The van der Waals surface area contributed by atoms with Gasteiger partial charge < -0.3 is 9.88 Å². The monoisotopic (exact) mass is 535 g/mol. The smallest absolute Gasteiger partial charge is 0.243 e. The molecule has 1 N–H and O–H groups in total. The number of nitrogens with zero attached hydrogens (tertiary/aromatic N) is 4. The number of benzene rings is 3. The third-order valence-corrected chi connectivity index (χ3v) is 9.08. The Morgan fingerprint density at radius 3 is 2.33 bits per heavy atom. The van der Waals surface area contributed by atoms with Crippen molar-refractivity contribution in [2.75, 3.05) is 11.4 Å². The van der Waals surface area contributed by atoms with Crippen molar-refractivity contribution in [2.24, 2.45) is 0 Å². The lowest BCUT2D eigenvalue weighted by Gasteiger charge is -2.32. The number of H-pyrrole nitrogens is 1. The number of aromatic nitrogens is 3. The zero-order chi connectivity index (χ0) is 26.7. The first kappa shape index (κ1) is 25.0. The average molecular weight is 536 g/mol. The minimum atomic E-state index is -3.79. The zero-order valence-corrected chi connectivity index (χ0v) is 22.2. The molecule has 0 saturated carbocycles. The van der Waals surface area contributed by atoms with Crippen LogP contribution in [-0.4, -0.2) is 40.3 Å². The number of hydrogen-bond acceptors (Lipinski definition) is 5. The van der Waals surface area contributed by atoms with Crippen molar-refractivity contribution in [1.82, 2.24) is 19.3 Å². The summed E-state index contributed by atoms with van der Waals surface area (Å²) in [5.41, 5.74) is 6.02. The summed E-state index contributed by atoms with van der Waals surface area (Å²) in [6.45, 7) is 1.35. The zero-order valence-electron chi connectivity index (χ0n) is 21.4. The Bertz CT molecular complexity index is 1630. The van der Waals surface area contributed by atoms with Crippen molar-refractivity contribution in [3.8, 4) is 11.1 Å². The molecule has 7 nitrogen and oxygen atoms in total. The van der Waals surface area contributed by atoms with E-state index >= 15 is 0 Å². The highest BCUT2D eigenvalue weighted by Crippen LogP contribution is 2.35. The van der Waals surface area contributed by atoms with Gasteiger partial charge in [0.2, 0.25) is 10.0 Å². The van der Waals surface area contributed by atoms with Crippen molar-refractivity contribution in [1.29, 1.82) is 0 Å². The lowest BCUT2D eigenvalue weighted by Crippen LogP contribution is -2.45. The van der Waals surface area contributed by atoms with E-state index in [1.807, 2.05) is 42.6 Å². The molecule has 2 aromatic heterocycles. The van der Waals surface area contributed by atoms with Crippen LogP contribution < -0.4 is 4.90 Å². The second kappa shape index (κ2) is 10.8. The van der Waals surface area contributed by atoms with E-state index in [0.717, 1.165) is 33.6 Å². The molecule has 1 aliphatic rings. The number of pyridine rings is 1. The SMILES string of the molecule is O=S(=O)(c1ccccc1)N1Cc2cc(-c3ccncc3)ccc2N(Cc2c[nH]cn2)CC1Cc1ccccc1. The Morgan fingerprint density at radius 2 is 1.62 bits per heavy atom. The molecular formula is C31H29N5O2S. The molecule has 3 aromatic carbocycles. The molecule has 0 spiro atoms. The van der Waals surface area contributed by atoms with E-state index < -0.39 is 10.0 Å². The first-order valence-electron chi connectivity index (χ1n) is 12.9. The minimum Gasteiger partial charge on any atom is -0.364 e. The first-order valence-corrected chi connectivity index (χ1v) is 14.4. The number of imidazole rings is 1. The van der Waals surface area contributed by atoms with Crippen LogP contribution in [0.4, 0.5) is 5.69 Å². The summed E-state index contributed by atoms with van der Waals surface area (Å²) < 4.78 is 30.1. The van der Waals surface area contributed by atoms with Crippen molar-refractivity contribution >= 4 is 15.7 Å². The van der Waals surface area contributed by atoms with Crippen molar-refractivity contribution in [3.05, 3.63) is 133 Å². The van der Waals surface area contributed by atoms with Gasteiger partial charge in [-0.25, -0.2) is 13.4 Å². The highest BCUT2D eigenvalue weighted by atomic mass is 32.2. The van der Waals surface area contributed by atoms with E-state index in [4.69, 9.17) is 0 Å². The summed E-state index contributed by atoms with van der Waals surface area (Å²) in [5.74, 6) is 0. The maximum absolute atomic E-state index is 14.2. The third-order valence-electron chi connectivity index (χ3n) is 7.17. The molecule has 0 fully saturated rings. The molecule has 1 aliphatic heterocycles. The molecule has 6 rings (SSSR count). The first-order chi connectivity index (χ1) is 19.1. The van der Waals surface area contributed by atoms with Gasteiger partial charge in [-0.15, -0.1) is 0 Å². The lowest BCUT2D eigenvalue weighted by molar-refractivity contribution is 0.318. The normalized spacial score (nSPS) is 16.0. The molecule has 8 heteroatoms.